The predicted molar refractivity (Wildman–Crippen MR) is 76.4 cm³/mol. The number of rotatable bonds is 3. The van der Waals surface area contributed by atoms with Gasteiger partial charge in [-0.05, 0) is 32.3 Å². The van der Waals surface area contributed by atoms with E-state index in [1.807, 2.05) is 0 Å². The van der Waals surface area contributed by atoms with Gasteiger partial charge in [-0.15, -0.1) is 0 Å². The van der Waals surface area contributed by atoms with Crippen LogP contribution in [0.15, 0.2) is 12.1 Å². The maximum atomic E-state index is 13.7. The number of carbonyl (C=O) groups excluding carboxylic acids is 1. The Bertz CT molecular complexity index is 517. The molecule has 0 bridgehead atoms. The van der Waals surface area contributed by atoms with Crippen molar-refractivity contribution >= 4 is 23.3 Å². The Hall–Kier alpha value is -1.40. The molecule has 116 valence electrons. The molecule has 1 heterocycles. The molecule has 1 aliphatic heterocycles. The topological polar surface area (TPSA) is 52.6 Å². The van der Waals surface area contributed by atoms with Gasteiger partial charge in [0.1, 0.15) is 5.82 Å². The number of amides is 2. The molecule has 1 aromatic carbocycles. The summed E-state index contributed by atoms with van der Waals surface area (Å²) in [5.41, 5.74) is -0.231. The summed E-state index contributed by atoms with van der Waals surface area (Å²) in [6.45, 7) is 2.19. The monoisotopic (exact) mass is 318 g/mol. The lowest BCUT2D eigenvalue weighted by Crippen LogP contribution is -2.40. The molecule has 1 fully saturated rings. The summed E-state index contributed by atoms with van der Waals surface area (Å²) in [5, 5.41) is 11.6. The molecule has 2 atom stereocenters. The number of benzene rings is 1. The van der Waals surface area contributed by atoms with Crippen molar-refractivity contribution in [1.82, 2.24) is 4.90 Å². The third-order valence-corrected chi connectivity index (χ3v) is 3.79. The summed E-state index contributed by atoms with van der Waals surface area (Å²) in [6.07, 6.45) is 1.56. The fourth-order valence-corrected chi connectivity index (χ4v) is 2.82. The van der Waals surface area contributed by atoms with Gasteiger partial charge in [0.25, 0.3) is 0 Å². The lowest BCUT2D eigenvalue weighted by Gasteiger charge is -2.26. The van der Waals surface area contributed by atoms with E-state index in [4.69, 9.17) is 11.6 Å². The Labute approximate surface area is 126 Å². The molecule has 0 aromatic heterocycles. The van der Waals surface area contributed by atoms with E-state index in [1.165, 1.54) is 0 Å². The summed E-state index contributed by atoms with van der Waals surface area (Å²) in [5.74, 6) is -1.72. The van der Waals surface area contributed by atoms with Gasteiger partial charge in [-0.3, -0.25) is 0 Å². The SMILES string of the molecule is CC(O)CC1CCCN1C(=O)Nc1c(F)cc(F)cc1Cl. The first-order valence-electron chi connectivity index (χ1n) is 6.78. The number of likely N-dealkylation sites (tertiary alicyclic amines) is 1. The zero-order valence-corrected chi connectivity index (χ0v) is 12.3. The van der Waals surface area contributed by atoms with Crippen molar-refractivity contribution in [3.8, 4) is 0 Å². The number of nitrogens with zero attached hydrogens (tertiary/aromatic N) is 1. The van der Waals surface area contributed by atoms with Crippen molar-refractivity contribution < 1.29 is 18.7 Å². The van der Waals surface area contributed by atoms with E-state index < -0.39 is 23.8 Å². The molecular weight excluding hydrogens is 302 g/mol. The Morgan fingerprint density at radius 2 is 2.29 bits per heavy atom. The Kier molecular flexibility index (Phi) is 5.00. The molecule has 2 rings (SSSR count). The molecule has 0 aliphatic carbocycles. The van der Waals surface area contributed by atoms with Crippen LogP contribution in [-0.4, -0.2) is 34.7 Å². The number of urea groups is 1. The minimum absolute atomic E-state index is 0.0905. The first-order chi connectivity index (χ1) is 9.88. The highest BCUT2D eigenvalue weighted by Crippen LogP contribution is 2.28. The third-order valence-electron chi connectivity index (χ3n) is 3.49. The highest BCUT2D eigenvalue weighted by molar-refractivity contribution is 6.33. The molecule has 0 radical (unpaired) electrons. The largest absolute Gasteiger partial charge is 0.393 e. The zero-order chi connectivity index (χ0) is 15.6. The van der Waals surface area contributed by atoms with Gasteiger partial charge < -0.3 is 15.3 Å². The molecule has 2 N–H and O–H groups in total. The molecule has 7 heteroatoms. The van der Waals surface area contributed by atoms with E-state index >= 15 is 0 Å². The van der Waals surface area contributed by atoms with E-state index in [2.05, 4.69) is 5.32 Å². The van der Waals surface area contributed by atoms with Crippen LogP contribution in [0, 0.1) is 11.6 Å². The maximum absolute atomic E-state index is 13.7. The average Bonchev–Trinajstić information content (AvgIpc) is 2.80. The van der Waals surface area contributed by atoms with Crippen LogP contribution in [0.3, 0.4) is 0 Å². The van der Waals surface area contributed by atoms with Gasteiger partial charge in [-0.1, -0.05) is 11.6 Å². The van der Waals surface area contributed by atoms with Crippen molar-refractivity contribution in [2.45, 2.75) is 38.3 Å². The predicted octanol–water partition coefficient (Wildman–Crippen LogP) is 3.39. The smallest absolute Gasteiger partial charge is 0.322 e. The molecular formula is C14H17ClF2N2O2. The summed E-state index contributed by atoms with van der Waals surface area (Å²) >= 11 is 5.75. The first kappa shape index (κ1) is 16.0. The van der Waals surface area contributed by atoms with E-state index in [-0.39, 0.29) is 16.8 Å². The van der Waals surface area contributed by atoms with Crippen LogP contribution < -0.4 is 5.32 Å². The number of hydrogen-bond acceptors (Lipinski definition) is 2. The second-order valence-corrected chi connectivity index (χ2v) is 5.66. The lowest BCUT2D eigenvalue weighted by atomic mass is 10.1. The molecule has 0 spiro atoms. The molecule has 1 aliphatic rings. The molecule has 21 heavy (non-hydrogen) atoms. The fraction of sp³-hybridized carbons (Fsp3) is 0.500. The number of aliphatic hydroxyl groups is 1. The van der Waals surface area contributed by atoms with E-state index in [9.17, 15) is 18.7 Å². The van der Waals surface area contributed by atoms with Crippen molar-refractivity contribution in [3.05, 3.63) is 28.8 Å². The van der Waals surface area contributed by atoms with Crippen LogP contribution in [0.5, 0.6) is 0 Å². The quantitative estimate of drug-likeness (QED) is 0.897. The fourth-order valence-electron chi connectivity index (χ4n) is 2.58. The van der Waals surface area contributed by atoms with Gasteiger partial charge in [-0.25, -0.2) is 13.6 Å². The standard InChI is InChI=1S/C14H17ClF2N2O2/c1-8(20)5-10-3-2-4-19(10)14(21)18-13-11(15)6-9(16)7-12(13)17/h6-8,10,20H,2-5H2,1H3,(H,18,21). The summed E-state index contributed by atoms with van der Waals surface area (Å²) in [4.78, 5) is 13.8. The van der Waals surface area contributed by atoms with Crippen LogP contribution in [0.25, 0.3) is 0 Å². The molecule has 1 saturated heterocycles. The van der Waals surface area contributed by atoms with E-state index in [0.29, 0.717) is 19.0 Å². The van der Waals surface area contributed by atoms with Crippen LogP contribution in [0.2, 0.25) is 5.02 Å². The summed E-state index contributed by atoms with van der Waals surface area (Å²) < 4.78 is 26.6. The summed E-state index contributed by atoms with van der Waals surface area (Å²) in [7, 11) is 0. The van der Waals surface area contributed by atoms with Crippen molar-refractivity contribution in [1.29, 1.82) is 0 Å². The number of nitrogens with one attached hydrogen (secondary N) is 1. The zero-order valence-electron chi connectivity index (χ0n) is 11.6. The third kappa shape index (κ3) is 3.83. The van der Waals surface area contributed by atoms with Gasteiger partial charge >= 0.3 is 6.03 Å². The molecule has 4 nitrogen and oxygen atoms in total. The Morgan fingerprint density at radius 3 is 2.90 bits per heavy atom. The van der Waals surface area contributed by atoms with Crippen molar-refractivity contribution in [2.24, 2.45) is 0 Å². The highest BCUT2D eigenvalue weighted by atomic mass is 35.5. The minimum Gasteiger partial charge on any atom is -0.393 e. The van der Waals surface area contributed by atoms with E-state index in [0.717, 1.165) is 18.9 Å². The first-order valence-corrected chi connectivity index (χ1v) is 7.16. The maximum Gasteiger partial charge on any atom is 0.322 e. The molecule has 1 aromatic rings. The number of hydrogen-bond donors (Lipinski definition) is 2. The minimum atomic E-state index is -0.917. The number of anilines is 1. The van der Waals surface area contributed by atoms with E-state index in [1.54, 1.807) is 11.8 Å². The summed E-state index contributed by atoms with van der Waals surface area (Å²) in [6, 6.07) is 1.02. The molecule has 2 unspecified atom stereocenters. The van der Waals surface area contributed by atoms with Crippen LogP contribution in [0.4, 0.5) is 19.3 Å². The number of halogens is 3. The Morgan fingerprint density at radius 1 is 1.57 bits per heavy atom. The van der Waals surface area contributed by atoms with Gasteiger partial charge in [0.2, 0.25) is 0 Å². The molecule has 0 saturated carbocycles. The van der Waals surface area contributed by atoms with Crippen LogP contribution in [-0.2, 0) is 0 Å². The van der Waals surface area contributed by atoms with Crippen LogP contribution >= 0.6 is 11.6 Å². The highest BCUT2D eigenvalue weighted by Gasteiger charge is 2.30. The van der Waals surface area contributed by atoms with Gasteiger partial charge in [0, 0.05) is 18.7 Å². The Balaban J connectivity index is 2.11. The van der Waals surface area contributed by atoms with Crippen LogP contribution in [0.1, 0.15) is 26.2 Å². The van der Waals surface area contributed by atoms with Gasteiger partial charge in [0.05, 0.1) is 16.8 Å². The second kappa shape index (κ2) is 6.58. The lowest BCUT2D eigenvalue weighted by molar-refractivity contribution is 0.142. The van der Waals surface area contributed by atoms with Gasteiger partial charge in [-0.2, -0.15) is 0 Å². The number of carbonyl (C=O) groups is 1. The van der Waals surface area contributed by atoms with Gasteiger partial charge in [0.15, 0.2) is 5.82 Å². The average molecular weight is 319 g/mol. The number of aliphatic hydroxyl groups excluding tert-OH is 1. The van der Waals surface area contributed by atoms with Crippen molar-refractivity contribution in [2.75, 3.05) is 11.9 Å². The van der Waals surface area contributed by atoms with Crippen molar-refractivity contribution in [3.63, 3.8) is 0 Å². The molecule has 2 amide bonds. The second-order valence-electron chi connectivity index (χ2n) is 5.25. The normalized spacial score (nSPS) is 19.7.